The van der Waals surface area contributed by atoms with Crippen LogP contribution in [0.5, 0.6) is 0 Å². The number of nitriles is 1. The van der Waals surface area contributed by atoms with Gasteiger partial charge in [0, 0.05) is 11.0 Å². The van der Waals surface area contributed by atoms with Crippen LogP contribution in [0.3, 0.4) is 0 Å². The van der Waals surface area contributed by atoms with Crippen molar-refractivity contribution in [3.63, 3.8) is 0 Å². The molecule has 0 radical (unpaired) electrons. The molecule has 8 heteroatoms. The minimum atomic E-state index is -0.642. The van der Waals surface area contributed by atoms with Gasteiger partial charge in [0.1, 0.15) is 11.2 Å². The van der Waals surface area contributed by atoms with Crippen molar-refractivity contribution in [3.8, 4) is 6.07 Å². The predicted octanol–water partition coefficient (Wildman–Crippen LogP) is 3.78. The maximum Gasteiger partial charge on any atom is 0.166 e. The van der Waals surface area contributed by atoms with Crippen LogP contribution in [0.2, 0.25) is 5.15 Å². The molecule has 0 bridgehead atoms. The number of hydrogen-bond acceptors (Lipinski definition) is 4. The summed E-state index contributed by atoms with van der Waals surface area (Å²) in [5, 5.41) is 15.4. The van der Waals surface area contributed by atoms with Gasteiger partial charge in [-0.3, -0.25) is 0 Å². The van der Waals surface area contributed by atoms with Crippen LogP contribution < -0.4 is 5.32 Å². The van der Waals surface area contributed by atoms with Gasteiger partial charge < -0.3 is 5.32 Å². The van der Waals surface area contributed by atoms with E-state index in [0.29, 0.717) is 0 Å². The van der Waals surface area contributed by atoms with Crippen LogP contribution in [-0.4, -0.2) is 17.1 Å². The number of nitrogens with one attached hydrogen (secondary N) is 1. The van der Waals surface area contributed by atoms with Crippen molar-refractivity contribution in [1.29, 1.82) is 5.26 Å². The van der Waals surface area contributed by atoms with Gasteiger partial charge in [-0.1, -0.05) is 29.6 Å². The van der Waals surface area contributed by atoms with E-state index in [-0.39, 0.29) is 28.6 Å². The number of rotatable bonds is 3. The fourth-order valence-electron chi connectivity index (χ4n) is 2.31. The number of aromatic nitrogens is 1. The molecule has 1 aliphatic rings. The summed E-state index contributed by atoms with van der Waals surface area (Å²) in [7, 11) is 0. The number of hydrogen-bond donors (Lipinski definition) is 1. The minimum absolute atomic E-state index is 0.00930. The van der Waals surface area contributed by atoms with Gasteiger partial charge in [-0.2, -0.15) is 5.26 Å². The van der Waals surface area contributed by atoms with Gasteiger partial charge in [0.2, 0.25) is 0 Å². The average Bonchev–Trinajstić information content (AvgIpc) is 2.45. The molecule has 0 spiro atoms. The van der Waals surface area contributed by atoms with Crippen LogP contribution in [0.1, 0.15) is 31.2 Å². The van der Waals surface area contributed by atoms with Crippen LogP contribution in [0.15, 0.2) is 11.2 Å². The van der Waals surface area contributed by atoms with Gasteiger partial charge in [0.15, 0.2) is 11.6 Å². The summed E-state index contributed by atoms with van der Waals surface area (Å²) < 4.78 is 13.8. The molecule has 20 heavy (non-hydrogen) atoms. The van der Waals surface area contributed by atoms with E-state index in [1.165, 1.54) is 0 Å². The molecular weight excluding hydrogens is 283 g/mol. The summed E-state index contributed by atoms with van der Waals surface area (Å²) in [5.41, 5.74) is 8.54. The first-order valence-electron chi connectivity index (χ1n) is 6.22. The molecule has 1 aromatic heterocycles. The van der Waals surface area contributed by atoms with Crippen molar-refractivity contribution in [1.82, 2.24) is 4.98 Å². The highest BCUT2D eigenvalue weighted by molar-refractivity contribution is 6.30. The van der Waals surface area contributed by atoms with Gasteiger partial charge >= 0.3 is 0 Å². The fourth-order valence-corrected chi connectivity index (χ4v) is 2.49. The van der Waals surface area contributed by atoms with E-state index in [2.05, 4.69) is 20.3 Å². The maximum atomic E-state index is 13.8. The smallest absolute Gasteiger partial charge is 0.166 e. The van der Waals surface area contributed by atoms with E-state index in [4.69, 9.17) is 22.4 Å². The van der Waals surface area contributed by atoms with Crippen molar-refractivity contribution in [3.05, 3.63) is 33.0 Å². The Hall–Kier alpha value is -2.03. The number of halogens is 2. The molecule has 104 valence electrons. The van der Waals surface area contributed by atoms with Crippen molar-refractivity contribution in [2.45, 2.75) is 37.8 Å². The highest BCUT2D eigenvalue weighted by atomic mass is 35.5. The Balaban J connectivity index is 2.22. The molecule has 0 aromatic carbocycles. The molecule has 2 atom stereocenters. The first-order valence-corrected chi connectivity index (χ1v) is 6.60. The largest absolute Gasteiger partial charge is 0.364 e. The molecule has 1 aliphatic carbocycles. The third-order valence-electron chi connectivity index (χ3n) is 3.30. The predicted molar refractivity (Wildman–Crippen MR) is 72.7 cm³/mol. The van der Waals surface area contributed by atoms with E-state index in [1.807, 2.05) is 0 Å². The Kier molecular flexibility index (Phi) is 4.61. The Morgan fingerprint density at radius 2 is 2.30 bits per heavy atom. The summed E-state index contributed by atoms with van der Waals surface area (Å²) >= 11 is 5.79. The van der Waals surface area contributed by atoms with Crippen LogP contribution in [0, 0.1) is 17.1 Å². The number of nitrogens with zero attached hydrogens (tertiary/aromatic N) is 5. The second kappa shape index (κ2) is 6.42. The Bertz CT molecular complexity index is 592. The third-order valence-corrected chi connectivity index (χ3v) is 3.59. The Labute approximate surface area is 120 Å². The van der Waals surface area contributed by atoms with Crippen LogP contribution in [0.25, 0.3) is 10.4 Å². The first kappa shape index (κ1) is 14.4. The highest BCUT2D eigenvalue weighted by Gasteiger charge is 2.25. The van der Waals surface area contributed by atoms with E-state index >= 15 is 0 Å². The molecule has 0 aliphatic heterocycles. The van der Waals surface area contributed by atoms with Gasteiger partial charge in [-0.15, -0.1) is 0 Å². The number of anilines is 1. The topological polar surface area (TPSA) is 97.5 Å². The number of pyridine rings is 1. The normalized spacial score (nSPS) is 21.6. The quantitative estimate of drug-likeness (QED) is 0.397. The lowest BCUT2D eigenvalue weighted by molar-refractivity contribution is 0.401. The second-order valence-corrected chi connectivity index (χ2v) is 4.93. The summed E-state index contributed by atoms with van der Waals surface area (Å²) in [5.74, 6) is -0.657. The molecule has 0 amide bonds. The van der Waals surface area contributed by atoms with Gasteiger partial charge in [0.25, 0.3) is 0 Å². The van der Waals surface area contributed by atoms with Crippen LogP contribution in [0.4, 0.5) is 10.2 Å². The van der Waals surface area contributed by atoms with Crippen molar-refractivity contribution in [2.75, 3.05) is 5.32 Å². The third kappa shape index (κ3) is 3.10. The standard InChI is InChI=1S/C12H12ClFN6/c13-11-7(6-15)5-8(14)12(18-11)17-9-3-1-2-4-10(9)19-20-16/h5,9-10H,1-4H2,(H,17,18)/t9-,10+/m1/s1. The summed E-state index contributed by atoms with van der Waals surface area (Å²) in [6.07, 6.45) is 3.47. The molecule has 2 rings (SSSR count). The van der Waals surface area contributed by atoms with Crippen LogP contribution in [-0.2, 0) is 0 Å². The summed E-state index contributed by atoms with van der Waals surface area (Å²) in [4.78, 5) is 6.67. The zero-order valence-corrected chi connectivity index (χ0v) is 11.3. The van der Waals surface area contributed by atoms with Crippen molar-refractivity contribution >= 4 is 17.4 Å². The average molecular weight is 295 g/mol. The summed E-state index contributed by atoms with van der Waals surface area (Å²) in [6, 6.07) is 2.40. The van der Waals surface area contributed by atoms with Crippen molar-refractivity contribution in [2.24, 2.45) is 5.11 Å². The van der Waals surface area contributed by atoms with E-state index in [1.54, 1.807) is 6.07 Å². The molecule has 0 unspecified atom stereocenters. The second-order valence-electron chi connectivity index (χ2n) is 4.58. The molecular formula is C12H12ClFN6. The highest BCUT2D eigenvalue weighted by Crippen LogP contribution is 2.26. The summed E-state index contributed by atoms with van der Waals surface area (Å²) in [6.45, 7) is 0. The van der Waals surface area contributed by atoms with E-state index in [9.17, 15) is 4.39 Å². The lowest BCUT2D eigenvalue weighted by Gasteiger charge is -2.29. The van der Waals surface area contributed by atoms with Gasteiger partial charge in [-0.25, -0.2) is 9.37 Å². The first-order chi connectivity index (χ1) is 9.65. The monoisotopic (exact) mass is 294 g/mol. The molecule has 1 fully saturated rings. The molecule has 1 aromatic rings. The lowest BCUT2D eigenvalue weighted by Crippen LogP contribution is -2.35. The Morgan fingerprint density at radius 3 is 3.00 bits per heavy atom. The van der Waals surface area contributed by atoms with Crippen molar-refractivity contribution < 1.29 is 4.39 Å². The van der Waals surface area contributed by atoms with Gasteiger partial charge in [0.05, 0.1) is 11.6 Å². The van der Waals surface area contributed by atoms with Gasteiger partial charge in [-0.05, 0) is 24.4 Å². The van der Waals surface area contributed by atoms with Crippen LogP contribution >= 0.6 is 11.6 Å². The molecule has 1 heterocycles. The fraction of sp³-hybridized carbons (Fsp3) is 0.500. The van der Waals surface area contributed by atoms with E-state index in [0.717, 1.165) is 31.7 Å². The number of azide groups is 1. The SMILES string of the molecule is N#Cc1cc(F)c(N[C@@H]2CCCC[C@@H]2N=[N+]=[N-])nc1Cl. The molecule has 6 nitrogen and oxygen atoms in total. The zero-order chi connectivity index (χ0) is 14.5. The molecule has 1 N–H and O–H groups in total. The van der Waals surface area contributed by atoms with E-state index < -0.39 is 5.82 Å². The molecule has 1 saturated carbocycles. The Morgan fingerprint density at radius 1 is 1.55 bits per heavy atom. The molecule has 0 saturated heterocycles. The maximum absolute atomic E-state index is 13.8. The lowest BCUT2D eigenvalue weighted by atomic mass is 9.91. The minimum Gasteiger partial charge on any atom is -0.364 e. The zero-order valence-electron chi connectivity index (χ0n) is 10.6.